The lowest BCUT2D eigenvalue weighted by molar-refractivity contribution is -0.155. The van der Waals surface area contributed by atoms with E-state index in [1.54, 1.807) is 31.2 Å². The largest absolute Gasteiger partial charge is 0.481 e. The Kier molecular flexibility index (Phi) is 6.03. The zero-order valence-electron chi connectivity index (χ0n) is 12.0. The molecule has 0 aliphatic heterocycles. The third-order valence-corrected chi connectivity index (χ3v) is 2.82. The zero-order chi connectivity index (χ0) is 15.1. The molecule has 0 saturated carbocycles. The second kappa shape index (κ2) is 7.53. The molecule has 0 saturated heterocycles. The molecule has 0 heterocycles. The van der Waals surface area contributed by atoms with Gasteiger partial charge in [0.1, 0.15) is 5.75 Å². The smallest absolute Gasteiger partial charge is 0.347 e. The van der Waals surface area contributed by atoms with E-state index in [4.69, 9.17) is 14.6 Å². The first-order valence-electron chi connectivity index (χ1n) is 6.60. The quantitative estimate of drug-likeness (QED) is 0.776. The van der Waals surface area contributed by atoms with E-state index in [1.165, 1.54) is 0 Å². The summed E-state index contributed by atoms with van der Waals surface area (Å²) in [5.41, 5.74) is 0.680. The number of carbonyl (C=O) groups is 2. The molecule has 0 aliphatic rings. The highest BCUT2D eigenvalue weighted by atomic mass is 16.6. The van der Waals surface area contributed by atoms with Gasteiger partial charge in [-0.15, -0.1) is 0 Å². The molecule has 2 atom stereocenters. The fraction of sp³-hybridized carbons (Fsp3) is 0.467. The van der Waals surface area contributed by atoms with Gasteiger partial charge in [-0.1, -0.05) is 19.1 Å². The molecule has 5 heteroatoms. The molecule has 2 unspecified atom stereocenters. The number of hydrogen-bond acceptors (Lipinski definition) is 4. The highest BCUT2D eigenvalue weighted by Crippen LogP contribution is 2.15. The van der Waals surface area contributed by atoms with Crippen molar-refractivity contribution in [3.8, 4) is 5.75 Å². The Balaban J connectivity index is 2.55. The monoisotopic (exact) mass is 280 g/mol. The molecule has 0 bridgehead atoms. The number of benzene rings is 1. The van der Waals surface area contributed by atoms with E-state index in [0.29, 0.717) is 11.3 Å². The van der Waals surface area contributed by atoms with Gasteiger partial charge in [-0.05, 0) is 38.0 Å². The first-order chi connectivity index (χ1) is 9.42. The van der Waals surface area contributed by atoms with Gasteiger partial charge in [0.2, 0.25) is 0 Å². The van der Waals surface area contributed by atoms with Crippen molar-refractivity contribution in [1.29, 1.82) is 0 Å². The number of hydrogen-bond donors (Lipinski definition) is 1. The molecule has 110 valence electrons. The van der Waals surface area contributed by atoms with Gasteiger partial charge >= 0.3 is 11.9 Å². The topological polar surface area (TPSA) is 72.8 Å². The van der Waals surface area contributed by atoms with Gasteiger partial charge in [0.15, 0.2) is 6.10 Å². The summed E-state index contributed by atoms with van der Waals surface area (Å²) in [7, 11) is 0. The van der Waals surface area contributed by atoms with Crippen LogP contribution in [0.1, 0.15) is 32.8 Å². The van der Waals surface area contributed by atoms with Crippen molar-refractivity contribution in [3.05, 3.63) is 29.8 Å². The van der Waals surface area contributed by atoms with Crippen LogP contribution in [0, 0.1) is 0 Å². The number of carboxylic acids is 1. The van der Waals surface area contributed by atoms with E-state index in [9.17, 15) is 9.59 Å². The van der Waals surface area contributed by atoms with Gasteiger partial charge in [-0.2, -0.15) is 0 Å². The maximum absolute atomic E-state index is 11.7. The Morgan fingerprint density at radius 2 is 1.80 bits per heavy atom. The molecule has 0 aromatic heterocycles. The number of ether oxygens (including phenoxy) is 2. The van der Waals surface area contributed by atoms with Gasteiger partial charge in [0.05, 0.1) is 12.5 Å². The lowest BCUT2D eigenvalue weighted by atomic mass is 10.1. The predicted molar refractivity (Wildman–Crippen MR) is 73.7 cm³/mol. The summed E-state index contributed by atoms with van der Waals surface area (Å²) >= 11 is 0. The maximum Gasteiger partial charge on any atom is 0.347 e. The van der Waals surface area contributed by atoms with Crippen LogP contribution in [0.15, 0.2) is 24.3 Å². The van der Waals surface area contributed by atoms with Crippen LogP contribution < -0.4 is 4.74 Å². The Labute approximate surface area is 118 Å². The predicted octanol–water partition coefficient (Wildman–Crippen LogP) is 2.42. The molecule has 5 nitrogen and oxygen atoms in total. The van der Waals surface area contributed by atoms with E-state index in [-0.39, 0.29) is 12.5 Å². The summed E-state index contributed by atoms with van der Waals surface area (Å²) in [6.45, 7) is 5.38. The molecule has 0 aliphatic carbocycles. The maximum atomic E-state index is 11.7. The molecule has 20 heavy (non-hydrogen) atoms. The molecule has 0 spiro atoms. The third-order valence-electron chi connectivity index (χ3n) is 2.82. The number of carboxylic acid groups (broad SMARTS) is 1. The third kappa shape index (κ3) is 5.30. The summed E-state index contributed by atoms with van der Waals surface area (Å²) in [6, 6.07) is 6.61. The minimum absolute atomic E-state index is 0.0358. The molecule has 1 N–H and O–H groups in total. The van der Waals surface area contributed by atoms with Gasteiger partial charge in [0.25, 0.3) is 0 Å². The lowest BCUT2D eigenvalue weighted by Crippen LogP contribution is -2.29. The summed E-state index contributed by atoms with van der Waals surface area (Å²) in [4.78, 5) is 22.3. The van der Waals surface area contributed by atoms with Crippen molar-refractivity contribution in [2.75, 3.05) is 0 Å². The standard InChI is InChI=1S/C15H20O5/c1-4-10(2)19-15(18)11(3)20-13-7-5-12(6-8-13)9-14(16)17/h5-8,10-11H,4,9H2,1-3H3,(H,16,17). The minimum atomic E-state index is -0.885. The van der Waals surface area contributed by atoms with Crippen LogP contribution in [-0.4, -0.2) is 29.3 Å². The number of rotatable bonds is 7. The van der Waals surface area contributed by atoms with E-state index < -0.39 is 18.0 Å². The normalized spacial score (nSPS) is 13.3. The fourth-order valence-corrected chi connectivity index (χ4v) is 1.49. The van der Waals surface area contributed by atoms with E-state index in [1.807, 2.05) is 13.8 Å². The number of esters is 1. The number of aliphatic carboxylic acids is 1. The average Bonchev–Trinajstić information content (AvgIpc) is 2.40. The van der Waals surface area contributed by atoms with Gasteiger partial charge in [-0.25, -0.2) is 4.79 Å². The van der Waals surface area contributed by atoms with Crippen LogP contribution in [0.3, 0.4) is 0 Å². The van der Waals surface area contributed by atoms with Crippen LogP contribution >= 0.6 is 0 Å². The molecule has 1 aromatic rings. The van der Waals surface area contributed by atoms with Crippen molar-refractivity contribution in [2.45, 2.75) is 45.8 Å². The fourth-order valence-electron chi connectivity index (χ4n) is 1.49. The second-order valence-corrected chi connectivity index (χ2v) is 4.63. The molecule has 1 aromatic carbocycles. The van der Waals surface area contributed by atoms with Gasteiger partial charge in [0, 0.05) is 0 Å². The molecule has 0 fully saturated rings. The Hall–Kier alpha value is -2.04. The second-order valence-electron chi connectivity index (χ2n) is 4.63. The molecular weight excluding hydrogens is 260 g/mol. The molecule has 1 rings (SSSR count). The van der Waals surface area contributed by atoms with Gasteiger partial charge in [-0.3, -0.25) is 4.79 Å². The van der Waals surface area contributed by atoms with Crippen molar-refractivity contribution in [1.82, 2.24) is 0 Å². The molecular formula is C15H20O5. The van der Waals surface area contributed by atoms with Crippen LogP contribution in [-0.2, 0) is 20.7 Å². The Morgan fingerprint density at radius 1 is 1.20 bits per heavy atom. The van der Waals surface area contributed by atoms with E-state index >= 15 is 0 Å². The summed E-state index contributed by atoms with van der Waals surface area (Å²) in [6.07, 6.45) is -0.116. The van der Waals surface area contributed by atoms with Gasteiger partial charge < -0.3 is 14.6 Å². The molecule has 0 amide bonds. The van der Waals surface area contributed by atoms with Crippen LogP contribution in [0.5, 0.6) is 5.75 Å². The lowest BCUT2D eigenvalue weighted by Gasteiger charge is -2.17. The van der Waals surface area contributed by atoms with E-state index in [2.05, 4.69) is 0 Å². The number of carbonyl (C=O) groups excluding carboxylic acids is 1. The van der Waals surface area contributed by atoms with Crippen LogP contribution in [0.2, 0.25) is 0 Å². The highest BCUT2D eigenvalue weighted by molar-refractivity contribution is 5.74. The van der Waals surface area contributed by atoms with Crippen LogP contribution in [0.25, 0.3) is 0 Å². The highest BCUT2D eigenvalue weighted by Gasteiger charge is 2.18. The van der Waals surface area contributed by atoms with Crippen molar-refractivity contribution in [2.24, 2.45) is 0 Å². The van der Waals surface area contributed by atoms with Crippen molar-refractivity contribution < 1.29 is 24.2 Å². The summed E-state index contributed by atoms with van der Waals surface area (Å²) < 4.78 is 10.6. The first-order valence-corrected chi connectivity index (χ1v) is 6.60. The Morgan fingerprint density at radius 3 is 2.30 bits per heavy atom. The van der Waals surface area contributed by atoms with Crippen molar-refractivity contribution >= 4 is 11.9 Å². The van der Waals surface area contributed by atoms with Crippen LogP contribution in [0.4, 0.5) is 0 Å². The minimum Gasteiger partial charge on any atom is -0.481 e. The first kappa shape index (κ1) is 16.0. The van der Waals surface area contributed by atoms with Crippen molar-refractivity contribution in [3.63, 3.8) is 0 Å². The zero-order valence-corrected chi connectivity index (χ0v) is 12.0. The van der Waals surface area contributed by atoms with E-state index in [0.717, 1.165) is 6.42 Å². The summed E-state index contributed by atoms with van der Waals surface area (Å²) in [5.74, 6) is -0.786. The SMILES string of the molecule is CCC(C)OC(=O)C(C)Oc1ccc(CC(=O)O)cc1. The average molecular weight is 280 g/mol. The molecule has 0 radical (unpaired) electrons. The summed E-state index contributed by atoms with van der Waals surface area (Å²) in [5, 5.41) is 8.67. The Bertz CT molecular complexity index is 452.